The Morgan fingerprint density at radius 2 is 2.16 bits per heavy atom. The Morgan fingerprint density at radius 3 is 2.74 bits per heavy atom. The van der Waals surface area contributed by atoms with Gasteiger partial charge in [0.1, 0.15) is 5.01 Å². The zero-order valence-electron chi connectivity index (χ0n) is 10.5. The number of benzene rings is 1. The first kappa shape index (κ1) is 14.0. The lowest BCUT2D eigenvalue weighted by Crippen LogP contribution is -2.27. The van der Waals surface area contributed by atoms with Crippen LogP contribution >= 0.6 is 27.3 Å². The molecule has 0 atom stereocenters. The molecular formula is C13H13BrN2O2S. The molecule has 19 heavy (non-hydrogen) atoms. The van der Waals surface area contributed by atoms with Crippen molar-refractivity contribution in [3.8, 4) is 0 Å². The molecule has 100 valence electrons. The lowest BCUT2D eigenvalue weighted by Gasteiger charge is -2.25. The van der Waals surface area contributed by atoms with Crippen molar-refractivity contribution in [3.63, 3.8) is 0 Å². The summed E-state index contributed by atoms with van der Waals surface area (Å²) < 4.78 is 0.727. The van der Waals surface area contributed by atoms with E-state index in [4.69, 9.17) is 5.11 Å². The number of aromatic carboxylic acids is 1. The SMILES string of the molecule is CC(C)(Nc1cc(Br)cc(C(=O)O)c1)c1nccs1. The molecule has 0 aliphatic heterocycles. The highest BCUT2D eigenvalue weighted by Gasteiger charge is 2.23. The second kappa shape index (κ2) is 5.30. The molecule has 2 N–H and O–H groups in total. The maximum absolute atomic E-state index is 11.0. The third-order valence-electron chi connectivity index (χ3n) is 2.57. The van der Waals surface area contributed by atoms with Crippen LogP contribution in [0.1, 0.15) is 29.2 Å². The number of nitrogens with zero attached hydrogens (tertiary/aromatic N) is 1. The predicted octanol–water partition coefficient (Wildman–Crippen LogP) is 3.95. The fourth-order valence-electron chi connectivity index (χ4n) is 1.73. The van der Waals surface area contributed by atoms with Gasteiger partial charge in [-0.3, -0.25) is 0 Å². The monoisotopic (exact) mass is 340 g/mol. The van der Waals surface area contributed by atoms with Crippen molar-refractivity contribution in [2.24, 2.45) is 0 Å². The number of carboxylic acids is 1. The molecule has 0 bridgehead atoms. The first-order chi connectivity index (χ1) is 8.88. The number of hydrogen-bond acceptors (Lipinski definition) is 4. The number of nitrogens with one attached hydrogen (secondary N) is 1. The minimum atomic E-state index is -0.948. The van der Waals surface area contributed by atoms with Crippen LogP contribution in [0.2, 0.25) is 0 Å². The number of rotatable bonds is 4. The van der Waals surface area contributed by atoms with Gasteiger partial charge in [-0.2, -0.15) is 0 Å². The molecule has 0 unspecified atom stereocenters. The molecule has 4 nitrogen and oxygen atoms in total. The van der Waals surface area contributed by atoms with E-state index in [2.05, 4.69) is 26.2 Å². The van der Waals surface area contributed by atoms with Crippen molar-refractivity contribution in [2.45, 2.75) is 19.4 Å². The number of carboxylic acid groups (broad SMARTS) is 1. The fraction of sp³-hybridized carbons (Fsp3) is 0.231. The first-order valence-electron chi connectivity index (χ1n) is 5.60. The summed E-state index contributed by atoms with van der Waals surface area (Å²) in [5.74, 6) is -0.948. The van der Waals surface area contributed by atoms with Crippen molar-refractivity contribution in [3.05, 3.63) is 44.8 Å². The molecule has 0 aliphatic rings. The Balaban J connectivity index is 2.31. The van der Waals surface area contributed by atoms with E-state index in [1.807, 2.05) is 25.3 Å². The molecule has 0 spiro atoms. The standard InChI is InChI=1S/C13H13BrN2O2S/c1-13(2,12-15-3-4-19-12)16-10-6-8(11(17)18)5-9(14)7-10/h3-7,16H,1-2H3,(H,17,18). The molecule has 0 aliphatic carbocycles. The Labute approximate surface area is 123 Å². The van der Waals surface area contributed by atoms with Crippen LogP contribution in [0.25, 0.3) is 0 Å². The molecule has 0 saturated carbocycles. The zero-order valence-corrected chi connectivity index (χ0v) is 12.9. The van der Waals surface area contributed by atoms with Crippen molar-refractivity contribution in [2.75, 3.05) is 5.32 Å². The molecule has 2 aromatic rings. The minimum absolute atomic E-state index is 0.242. The summed E-state index contributed by atoms with van der Waals surface area (Å²) >= 11 is 4.88. The maximum atomic E-state index is 11.0. The van der Waals surface area contributed by atoms with Gasteiger partial charge >= 0.3 is 5.97 Å². The molecule has 0 fully saturated rings. The van der Waals surface area contributed by atoms with E-state index in [-0.39, 0.29) is 11.1 Å². The Bertz CT molecular complexity index is 597. The van der Waals surface area contributed by atoms with Crippen LogP contribution in [-0.4, -0.2) is 16.1 Å². The number of anilines is 1. The van der Waals surface area contributed by atoms with E-state index in [1.165, 1.54) is 0 Å². The van der Waals surface area contributed by atoms with Crippen LogP contribution in [0.4, 0.5) is 5.69 Å². The zero-order chi connectivity index (χ0) is 14.0. The third-order valence-corrected chi connectivity index (χ3v) is 4.12. The van der Waals surface area contributed by atoms with Gasteiger partial charge in [0.15, 0.2) is 0 Å². The van der Waals surface area contributed by atoms with Crippen LogP contribution in [0.5, 0.6) is 0 Å². The van der Waals surface area contributed by atoms with E-state index >= 15 is 0 Å². The van der Waals surface area contributed by atoms with Gasteiger partial charge in [-0.1, -0.05) is 15.9 Å². The molecular weight excluding hydrogens is 328 g/mol. The summed E-state index contributed by atoms with van der Waals surface area (Å²) in [6.07, 6.45) is 1.76. The summed E-state index contributed by atoms with van der Waals surface area (Å²) in [6, 6.07) is 5.04. The Kier molecular flexibility index (Phi) is 3.91. The third kappa shape index (κ3) is 3.33. The molecule has 6 heteroatoms. The van der Waals surface area contributed by atoms with Crippen LogP contribution in [-0.2, 0) is 5.54 Å². The van der Waals surface area contributed by atoms with Gasteiger partial charge in [-0.25, -0.2) is 9.78 Å². The van der Waals surface area contributed by atoms with Gasteiger partial charge in [0, 0.05) is 21.7 Å². The van der Waals surface area contributed by atoms with Crippen molar-refractivity contribution >= 4 is 38.9 Å². The van der Waals surface area contributed by atoms with E-state index in [1.54, 1.807) is 29.7 Å². The second-order valence-corrected chi connectivity index (χ2v) is 6.43. The summed E-state index contributed by atoms with van der Waals surface area (Å²) in [4.78, 5) is 15.3. The van der Waals surface area contributed by atoms with Crippen molar-refractivity contribution in [1.82, 2.24) is 4.98 Å². The summed E-state index contributed by atoms with van der Waals surface area (Å²) in [6.45, 7) is 4.01. The molecule has 1 aromatic carbocycles. The molecule has 1 heterocycles. The van der Waals surface area contributed by atoms with E-state index < -0.39 is 5.97 Å². The summed E-state index contributed by atoms with van der Waals surface area (Å²) in [7, 11) is 0. The van der Waals surface area contributed by atoms with Gasteiger partial charge in [-0.15, -0.1) is 11.3 Å². The van der Waals surface area contributed by atoms with E-state index in [0.717, 1.165) is 15.2 Å². The minimum Gasteiger partial charge on any atom is -0.478 e. The Hall–Kier alpha value is -1.40. The molecule has 1 aromatic heterocycles. The number of aromatic nitrogens is 1. The van der Waals surface area contributed by atoms with Gasteiger partial charge in [0.25, 0.3) is 0 Å². The van der Waals surface area contributed by atoms with Crippen LogP contribution in [0.15, 0.2) is 34.2 Å². The molecule has 2 rings (SSSR count). The largest absolute Gasteiger partial charge is 0.478 e. The van der Waals surface area contributed by atoms with Crippen molar-refractivity contribution < 1.29 is 9.90 Å². The quantitative estimate of drug-likeness (QED) is 0.884. The fourth-order valence-corrected chi connectivity index (χ4v) is 2.94. The van der Waals surface area contributed by atoms with E-state index in [0.29, 0.717) is 0 Å². The molecule has 0 saturated heterocycles. The lowest BCUT2D eigenvalue weighted by atomic mass is 10.1. The van der Waals surface area contributed by atoms with Gasteiger partial charge < -0.3 is 10.4 Å². The highest BCUT2D eigenvalue weighted by molar-refractivity contribution is 9.10. The number of thiazole rings is 1. The average Bonchev–Trinajstić information content (AvgIpc) is 2.81. The number of carbonyl (C=O) groups is 1. The van der Waals surface area contributed by atoms with Gasteiger partial charge in [0.05, 0.1) is 11.1 Å². The van der Waals surface area contributed by atoms with Gasteiger partial charge in [0.2, 0.25) is 0 Å². The lowest BCUT2D eigenvalue weighted by molar-refractivity contribution is 0.0697. The first-order valence-corrected chi connectivity index (χ1v) is 7.28. The Morgan fingerprint density at radius 1 is 1.42 bits per heavy atom. The van der Waals surface area contributed by atoms with E-state index in [9.17, 15) is 4.79 Å². The highest BCUT2D eigenvalue weighted by Crippen LogP contribution is 2.29. The summed E-state index contributed by atoms with van der Waals surface area (Å²) in [5.41, 5.74) is 0.629. The van der Waals surface area contributed by atoms with Crippen LogP contribution in [0.3, 0.4) is 0 Å². The van der Waals surface area contributed by atoms with Crippen LogP contribution in [0, 0.1) is 0 Å². The topological polar surface area (TPSA) is 62.2 Å². The second-order valence-electron chi connectivity index (χ2n) is 4.62. The average molecular weight is 341 g/mol. The highest BCUT2D eigenvalue weighted by atomic mass is 79.9. The summed E-state index contributed by atoms with van der Waals surface area (Å²) in [5, 5.41) is 15.2. The predicted molar refractivity (Wildman–Crippen MR) is 79.9 cm³/mol. The smallest absolute Gasteiger partial charge is 0.335 e. The van der Waals surface area contributed by atoms with Crippen LogP contribution < -0.4 is 5.32 Å². The normalized spacial score (nSPS) is 11.3. The number of hydrogen-bond donors (Lipinski definition) is 2. The van der Waals surface area contributed by atoms with Crippen molar-refractivity contribution in [1.29, 1.82) is 0 Å². The molecule has 0 radical (unpaired) electrons. The van der Waals surface area contributed by atoms with Gasteiger partial charge in [-0.05, 0) is 32.0 Å². The number of halogens is 1. The molecule has 0 amide bonds. The maximum Gasteiger partial charge on any atom is 0.335 e.